The second-order valence-corrected chi connectivity index (χ2v) is 10.7. The predicted molar refractivity (Wildman–Crippen MR) is 126 cm³/mol. The summed E-state index contributed by atoms with van der Waals surface area (Å²) in [6.45, 7) is 0. The van der Waals surface area contributed by atoms with Crippen LogP contribution in [0, 0.1) is 0 Å². The van der Waals surface area contributed by atoms with Crippen LogP contribution in [0.25, 0.3) is 16.3 Å². The van der Waals surface area contributed by atoms with Gasteiger partial charge in [0.15, 0.2) is 5.88 Å². The molecule has 0 unspecified atom stereocenters. The van der Waals surface area contributed by atoms with Gasteiger partial charge in [0.1, 0.15) is 16.7 Å². The number of nitrogens with zero attached hydrogens (tertiary/aromatic N) is 2. The highest BCUT2D eigenvalue weighted by Gasteiger charge is 2.28. The molecule has 9 nitrogen and oxygen atoms in total. The molecule has 0 saturated carbocycles. The lowest BCUT2D eigenvalue weighted by Crippen LogP contribution is -2.33. The van der Waals surface area contributed by atoms with E-state index in [1.807, 2.05) is 41.0 Å². The lowest BCUT2D eigenvalue weighted by atomic mass is 10.3. The smallest absolute Gasteiger partial charge is 0.283 e. The van der Waals surface area contributed by atoms with Crippen molar-refractivity contribution < 1.29 is 32.2 Å². The van der Waals surface area contributed by atoms with Gasteiger partial charge in [-0.3, -0.25) is 4.55 Å². The number of allylic oxidation sites excluding steroid dienone is 1. The molecule has 0 atom stereocenters. The quantitative estimate of drug-likeness (QED) is 0.102. The molecule has 168 valence electrons. The number of benzene rings is 2. The number of fused-ring (bicyclic) bond motifs is 2. The standard InChI is InChI=1S/C19H17N3O6S4/c20-13(9-18-21(11-29-28-27-23)14-5-1-3-7-16(14)30-18)10-19-22(12-32(24,25)26)15-6-2-4-8-17(15)31-19/h1-10,20H,11-12H2,(H2,23,24,25,26)/p+1. The van der Waals surface area contributed by atoms with Crippen LogP contribution in [-0.2, 0) is 25.4 Å². The van der Waals surface area contributed by atoms with E-state index in [9.17, 15) is 13.0 Å². The van der Waals surface area contributed by atoms with Crippen LogP contribution < -0.4 is 15.2 Å². The van der Waals surface area contributed by atoms with Gasteiger partial charge in [-0.1, -0.05) is 52.4 Å². The molecular formula is C19H18N3O6S4+. The van der Waals surface area contributed by atoms with Crippen LogP contribution in [0.4, 0.5) is 5.69 Å². The summed E-state index contributed by atoms with van der Waals surface area (Å²) in [4.78, 5) is 2.38. The van der Waals surface area contributed by atoms with Crippen LogP contribution in [-0.4, -0.2) is 24.1 Å². The van der Waals surface area contributed by atoms with Crippen molar-refractivity contribution in [2.75, 3.05) is 10.8 Å². The molecule has 13 heteroatoms. The summed E-state index contributed by atoms with van der Waals surface area (Å²) in [5, 5.41) is 13.5. The molecule has 0 spiro atoms. The first kappa shape index (κ1) is 23.1. The Morgan fingerprint density at radius 3 is 2.75 bits per heavy atom. The van der Waals surface area contributed by atoms with E-state index in [-0.39, 0.29) is 0 Å². The van der Waals surface area contributed by atoms with Gasteiger partial charge in [-0.15, -0.1) is 4.33 Å². The summed E-state index contributed by atoms with van der Waals surface area (Å²) >= 11 is 3.79. The molecule has 2 heterocycles. The van der Waals surface area contributed by atoms with Gasteiger partial charge in [0.2, 0.25) is 11.4 Å². The Morgan fingerprint density at radius 2 is 1.97 bits per heavy atom. The largest absolute Gasteiger partial charge is 0.398 e. The number of nitrogens with two attached hydrogens (primary N) is 1. The van der Waals surface area contributed by atoms with E-state index in [4.69, 9.17) is 11.0 Å². The van der Waals surface area contributed by atoms with Gasteiger partial charge in [0.05, 0.1) is 10.7 Å². The van der Waals surface area contributed by atoms with E-state index in [0.717, 1.165) is 32.2 Å². The van der Waals surface area contributed by atoms with Crippen LogP contribution >= 0.6 is 35.1 Å². The van der Waals surface area contributed by atoms with Crippen molar-refractivity contribution in [2.45, 2.75) is 10.8 Å². The predicted octanol–water partition coefficient (Wildman–Crippen LogP) is 3.81. The summed E-state index contributed by atoms with van der Waals surface area (Å²) < 4.78 is 40.1. The Morgan fingerprint density at radius 1 is 1.22 bits per heavy atom. The molecule has 32 heavy (non-hydrogen) atoms. The normalized spacial score (nSPS) is 15.6. The van der Waals surface area contributed by atoms with Crippen LogP contribution in [0.2, 0.25) is 0 Å². The monoisotopic (exact) mass is 512 g/mol. The van der Waals surface area contributed by atoms with Crippen LogP contribution in [0.3, 0.4) is 0 Å². The van der Waals surface area contributed by atoms with E-state index < -0.39 is 16.0 Å². The fourth-order valence-corrected chi connectivity index (χ4v) is 6.66. The van der Waals surface area contributed by atoms with Gasteiger partial charge in [0.25, 0.3) is 15.1 Å². The molecule has 4 rings (SSSR count). The molecule has 1 aliphatic rings. The second-order valence-electron chi connectivity index (χ2n) is 6.56. The van der Waals surface area contributed by atoms with E-state index in [1.165, 1.54) is 28.0 Å². The number of rotatable bonds is 8. The Balaban J connectivity index is 1.70. The third kappa shape index (κ3) is 5.27. The average Bonchev–Trinajstić information content (AvgIpc) is 3.25. The SMILES string of the molecule is NC(=Cc1sc2ccccc2[n+]1CSOOO)C=C1Sc2ccccc2N1CS(=O)(=O)O. The van der Waals surface area contributed by atoms with Crippen LogP contribution in [0.15, 0.2) is 70.2 Å². The van der Waals surface area contributed by atoms with Gasteiger partial charge in [-0.25, -0.2) is 5.26 Å². The number of hydrogen-bond donors (Lipinski definition) is 3. The maximum atomic E-state index is 11.6. The summed E-state index contributed by atoms with van der Waals surface area (Å²) in [6, 6.07) is 15.1. The van der Waals surface area contributed by atoms with Gasteiger partial charge in [-0.05, 0) is 24.3 Å². The van der Waals surface area contributed by atoms with Crippen LogP contribution in [0.5, 0.6) is 0 Å². The van der Waals surface area contributed by atoms with Crippen molar-refractivity contribution in [1.82, 2.24) is 0 Å². The first-order valence-corrected chi connectivity index (χ1v) is 13.2. The Labute approximate surface area is 196 Å². The highest BCUT2D eigenvalue weighted by atomic mass is 32.2. The zero-order chi connectivity index (χ0) is 22.7. The molecular weight excluding hydrogens is 494 g/mol. The maximum Gasteiger partial charge on any atom is 0.283 e. The highest BCUT2D eigenvalue weighted by molar-refractivity contribution is 8.03. The van der Waals surface area contributed by atoms with Crippen molar-refractivity contribution in [3.05, 3.63) is 70.3 Å². The molecule has 0 aliphatic carbocycles. The Bertz CT molecular complexity index is 1310. The average molecular weight is 513 g/mol. The molecule has 0 saturated heterocycles. The number of thiazole rings is 1. The minimum atomic E-state index is -4.25. The van der Waals surface area contributed by atoms with E-state index in [1.54, 1.807) is 24.3 Å². The van der Waals surface area contributed by atoms with E-state index in [2.05, 4.69) is 9.37 Å². The first-order valence-electron chi connectivity index (χ1n) is 9.05. The molecule has 4 N–H and O–H groups in total. The number of anilines is 1. The fourth-order valence-electron chi connectivity index (χ4n) is 3.17. The molecule has 1 aliphatic heterocycles. The van der Waals surface area contributed by atoms with Crippen molar-refractivity contribution in [3.8, 4) is 0 Å². The van der Waals surface area contributed by atoms with Crippen LogP contribution in [0.1, 0.15) is 5.01 Å². The first-order chi connectivity index (χ1) is 15.4. The fraction of sp³-hybridized carbons (Fsp3) is 0.105. The molecule has 0 amide bonds. The number of para-hydroxylation sites is 2. The number of aromatic nitrogens is 1. The van der Waals surface area contributed by atoms with Gasteiger partial charge >= 0.3 is 0 Å². The van der Waals surface area contributed by atoms with E-state index in [0.29, 0.717) is 22.3 Å². The summed E-state index contributed by atoms with van der Waals surface area (Å²) in [5.41, 5.74) is 8.35. The topological polar surface area (TPSA) is 126 Å². The summed E-state index contributed by atoms with van der Waals surface area (Å²) in [5.74, 6) is -0.247. The maximum absolute atomic E-state index is 11.6. The molecule has 0 radical (unpaired) electrons. The van der Waals surface area contributed by atoms with E-state index >= 15 is 0 Å². The van der Waals surface area contributed by atoms with Gasteiger partial charge in [-0.2, -0.15) is 13.0 Å². The minimum Gasteiger partial charge on any atom is -0.398 e. The minimum absolute atomic E-state index is 0.329. The third-order valence-electron chi connectivity index (χ3n) is 4.41. The zero-order valence-electron chi connectivity index (χ0n) is 16.3. The van der Waals surface area contributed by atoms with Crippen molar-refractivity contribution in [2.24, 2.45) is 5.73 Å². The molecule has 3 aromatic rings. The van der Waals surface area contributed by atoms with Gasteiger partial charge < -0.3 is 10.6 Å². The highest BCUT2D eigenvalue weighted by Crippen LogP contribution is 2.46. The van der Waals surface area contributed by atoms with Crippen molar-refractivity contribution in [1.29, 1.82) is 0 Å². The lowest BCUT2D eigenvalue weighted by molar-refractivity contribution is -0.648. The molecule has 2 aromatic carbocycles. The molecule has 0 bridgehead atoms. The number of hydrogen-bond acceptors (Lipinski definition) is 10. The third-order valence-corrected chi connectivity index (χ3v) is 7.74. The Hall–Kier alpha value is -2.10. The zero-order valence-corrected chi connectivity index (χ0v) is 19.6. The molecule has 1 aromatic heterocycles. The van der Waals surface area contributed by atoms with Crippen molar-refractivity contribution in [3.63, 3.8) is 0 Å². The summed E-state index contributed by atoms with van der Waals surface area (Å²) in [6.07, 6.45) is 3.44. The Kier molecular flexibility index (Phi) is 7.07. The van der Waals surface area contributed by atoms with Gasteiger partial charge in [0, 0.05) is 22.7 Å². The second kappa shape index (κ2) is 9.80. The van der Waals surface area contributed by atoms with Crippen molar-refractivity contribution >= 4 is 67.2 Å². The number of thioether (sulfide) groups is 1. The lowest BCUT2D eigenvalue weighted by Gasteiger charge is -2.18. The molecule has 0 fully saturated rings. The summed E-state index contributed by atoms with van der Waals surface area (Å²) in [7, 11) is -4.25.